The number of aryl methyl sites for hydroxylation is 1. The largest absolute Gasteiger partial charge is 0.508 e. The van der Waals surface area contributed by atoms with Crippen LogP contribution in [-0.4, -0.2) is 16.2 Å². The number of aliphatic carboxylic acids is 1. The van der Waals surface area contributed by atoms with Gasteiger partial charge in [0.05, 0.1) is 0 Å². The number of aromatic hydroxyl groups is 1. The van der Waals surface area contributed by atoms with Gasteiger partial charge in [0, 0.05) is 0 Å². The summed E-state index contributed by atoms with van der Waals surface area (Å²) < 4.78 is 0. The average Bonchev–Trinajstić information content (AvgIpc) is 2.09. The molecule has 0 spiro atoms. The fraction of sp³-hybridized carbons (Fsp3) is 0.222. The first-order valence-electron chi connectivity index (χ1n) is 3.94. The van der Waals surface area contributed by atoms with E-state index in [2.05, 4.69) is 4.84 Å². The van der Waals surface area contributed by atoms with E-state index in [1.807, 2.05) is 0 Å². The van der Waals surface area contributed by atoms with Crippen molar-refractivity contribution in [3.8, 4) is 5.75 Å². The van der Waals surface area contributed by atoms with Gasteiger partial charge in [-0.15, -0.1) is 0 Å². The Bertz CT molecular complexity index is 354. The van der Waals surface area contributed by atoms with Crippen molar-refractivity contribution < 1.29 is 15.0 Å². The van der Waals surface area contributed by atoms with Crippen molar-refractivity contribution in [2.45, 2.75) is 13.0 Å². The molecule has 3 N–H and O–H groups in total. The lowest BCUT2D eigenvalue weighted by Crippen LogP contribution is -2.22. The van der Waals surface area contributed by atoms with Crippen molar-refractivity contribution in [2.75, 3.05) is 0 Å². The molecular weight excluding hydrogens is 206 g/mol. The Morgan fingerprint density at radius 1 is 1.57 bits per heavy atom. The van der Waals surface area contributed by atoms with Gasteiger partial charge in [-0.1, -0.05) is 6.07 Å². The Hall–Kier alpha value is -1.26. The zero-order valence-electron chi connectivity index (χ0n) is 7.49. The van der Waals surface area contributed by atoms with Gasteiger partial charge in [0.15, 0.2) is 0 Å². The molecule has 14 heavy (non-hydrogen) atoms. The second-order valence-electron chi connectivity index (χ2n) is 2.92. The van der Waals surface area contributed by atoms with Gasteiger partial charge >= 0.3 is 5.97 Å². The highest BCUT2D eigenvalue weighted by Crippen LogP contribution is 2.22. The lowest BCUT2D eigenvalue weighted by molar-refractivity contribution is -0.139. The van der Waals surface area contributed by atoms with Gasteiger partial charge in [-0.2, -0.15) is 0 Å². The molecule has 1 aromatic rings. The fourth-order valence-corrected chi connectivity index (χ4v) is 1.43. The van der Waals surface area contributed by atoms with Gasteiger partial charge in [-0.05, 0) is 42.0 Å². The summed E-state index contributed by atoms with van der Waals surface area (Å²) >= 11 is 5.32. The molecule has 0 amide bonds. The van der Waals surface area contributed by atoms with Crippen LogP contribution < -0.4 is 4.84 Å². The monoisotopic (exact) mass is 215 g/mol. The number of carboxylic acids is 1. The van der Waals surface area contributed by atoms with Crippen LogP contribution in [0.1, 0.15) is 17.2 Å². The second kappa shape index (κ2) is 4.30. The molecule has 0 fully saturated rings. The maximum Gasteiger partial charge on any atom is 0.326 e. The van der Waals surface area contributed by atoms with Gasteiger partial charge in [0.1, 0.15) is 11.8 Å². The predicted molar refractivity (Wildman–Crippen MR) is 52.2 cm³/mol. The van der Waals surface area contributed by atoms with Crippen LogP contribution in [0, 0.1) is 6.92 Å². The number of nitrogens with one attached hydrogen (secondary N) is 1. The SMILES string of the molecule is Cc1cc(O)ccc1C(NCl)C(=O)O. The molecule has 0 saturated carbocycles. The first-order chi connectivity index (χ1) is 6.56. The summed E-state index contributed by atoms with van der Waals surface area (Å²) in [6.45, 7) is 1.71. The van der Waals surface area contributed by atoms with Crippen LogP contribution in [0.25, 0.3) is 0 Å². The van der Waals surface area contributed by atoms with Gasteiger partial charge in [-0.3, -0.25) is 4.79 Å². The van der Waals surface area contributed by atoms with Crippen LogP contribution in [0.15, 0.2) is 18.2 Å². The molecule has 0 saturated heterocycles. The number of carbonyl (C=O) groups is 1. The summed E-state index contributed by atoms with van der Waals surface area (Å²) in [5.41, 5.74) is 1.20. The van der Waals surface area contributed by atoms with Crippen molar-refractivity contribution in [3.63, 3.8) is 0 Å². The summed E-state index contributed by atoms with van der Waals surface area (Å²) in [4.78, 5) is 12.9. The number of phenolic OH excluding ortho intramolecular Hbond substituents is 1. The molecule has 0 aliphatic heterocycles. The zero-order valence-corrected chi connectivity index (χ0v) is 8.25. The first-order valence-corrected chi connectivity index (χ1v) is 4.32. The molecule has 76 valence electrons. The van der Waals surface area contributed by atoms with Crippen LogP contribution in [-0.2, 0) is 4.79 Å². The Labute approximate surface area is 86.2 Å². The van der Waals surface area contributed by atoms with Gasteiger partial charge in [0.2, 0.25) is 0 Å². The quantitative estimate of drug-likeness (QED) is 0.670. The highest BCUT2D eigenvalue weighted by Gasteiger charge is 2.20. The molecule has 0 aromatic heterocycles. The first kappa shape index (κ1) is 10.8. The summed E-state index contributed by atoms with van der Waals surface area (Å²) in [7, 11) is 0. The smallest absolute Gasteiger partial charge is 0.326 e. The lowest BCUT2D eigenvalue weighted by atomic mass is 10.0. The van der Waals surface area contributed by atoms with E-state index in [4.69, 9.17) is 22.0 Å². The van der Waals surface area contributed by atoms with Crippen molar-refractivity contribution in [1.29, 1.82) is 0 Å². The molecule has 1 unspecified atom stereocenters. The fourth-order valence-electron chi connectivity index (χ4n) is 1.22. The highest BCUT2D eigenvalue weighted by atomic mass is 35.5. The molecule has 1 aromatic carbocycles. The van der Waals surface area contributed by atoms with E-state index in [9.17, 15) is 4.79 Å². The second-order valence-corrected chi connectivity index (χ2v) is 3.14. The molecule has 1 rings (SSSR count). The maximum absolute atomic E-state index is 10.8. The molecule has 4 nitrogen and oxygen atoms in total. The molecule has 0 bridgehead atoms. The van der Waals surface area contributed by atoms with Crippen LogP contribution in [0.3, 0.4) is 0 Å². The topological polar surface area (TPSA) is 69.6 Å². The van der Waals surface area contributed by atoms with Crippen molar-refractivity contribution in [1.82, 2.24) is 4.84 Å². The number of halogens is 1. The molecule has 1 atom stereocenters. The predicted octanol–water partition coefficient (Wildman–Crippen LogP) is 1.57. The minimum Gasteiger partial charge on any atom is -0.508 e. The number of hydrogen-bond donors (Lipinski definition) is 3. The zero-order chi connectivity index (χ0) is 10.7. The number of carboxylic acid groups (broad SMARTS) is 1. The van der Waals surface area contributed by atoms with E-state index in [0.717, 1.165) is 0 Å². The van der Waals surface area contributed by atoms with E-state index >= 15 is 0 Å². The Kier molecular flexibility index (Phi) is 3.33. The molecule has 0 heterocycles. The minimum atomic E-state index is -1.06. The summed E-state index contributed by atoms with van der Waals surface area (Å²) in [5, 5.41) is 17.9. The number of rotatable bonds is 3. The number of hydrogen-bond acceptors (Lipinski definition) is 3. The van der Waals surface area contributed by atoms with Crippen molar-refractivity contribution in [2.24, 2.45) is 0 Å². The summed E-state index contributed by atoms with van der Waals surface area (Å²) in [6, 6.07) is 3.47. The molecule has 0 radical (unpaired) electrons. The lowest BCUT2D eigenvalue weighted by Gasteiger charge is -2.12. The van der Waals surface area contributed by atoms with Crippen LogP contribution in [0.4, 0.5) is 0 Å². The standard InChI is InChI=1S/C9H10ClNO3/c1-5-4-6(12)2-3-7(5)8(11-10)9(13)14/h2-4,8,11-12H,1H3,(H,13,14). The van der Waals surface area contributed by atoms with Crippen LogP contribution >= 0.6 is 11.8 Å². The highest BCUT2D eigenvalue weighted by molar-refractivity contribution is 6.14. The Morgan fingerprint density at radius 3 is 2.64 bits per heavy atom. The van der Waals surface area contributed by atoms with Crippen LogP contribution in [0.2, 0.25) is 0 Å². The maximum atomic E-state index is 10.8. The van der Waals surface area contributed by atoms with Crippen molar-refractivity contribution >= 4 is 17.7 Å². The third-order valence-corrected chi connectivity index (χ3v) is 2.14. The van der Waals surface area contributed by atoms with E-state index < -0.39 is 12.0 Å². The number of phenols is 1. The van der Waals surface area contributed by atoms with E-state index in [0.29, 0.717) is 11.1 Å². The van der Waals surface area contributed by atoms with Gasteiger partial charge < -0.3 is 10.2 Å². The third kappa shape index (κ3) is 2.16. The van der Waals surface area contributed by atoms with Crippen LogP contribution in [0.5, 0.6) is 5.75 Å². The van der Waals surface area contributed by atoms with E-state index in [1.54, 1.807) is 6.92 Å². The molecule has 0 aliphatic carbocycles. The normalized spacial score (nSPS) is 12.4. The summed E-state index contributed by atoms with van der Waals surface area (Å²) in [6.07, 6.45) is 0. The Morgan fingerprint density at radius 2 is 2.21 bits per heavy atom. The average molecular weight is 216 g/mol. The molecular formula is C9H10ClNO3. The summed E-state index contributed by atoms with van der Waals surface area (Å²) in [5.74, 6) is -0.959. The molecule has 0 aliphatic rings. The van der Waals surface area contributed by atoms with E-state index in [1.165, 1.54) is 18.2 Å². The minimum absolute atomic E-state index is 0.102. The molecule has 5 heteroatoms. The third-order valence-electron chi connectivity index (χ3n) is 1.92. The van der Waals surface area contributed by atoms with E-state index in [-0.39, 0.29) is 5.75 Å². The number of benzene rings is 1. The van der Waals surface area contributed by atoms with Gasteiger partial charge in [-0.25, -0.2) is 4.84 Å². The Balaban J connectivity index is 3.10. The van der Waals surface area contributed by atoms with Crippen molar-refractivity contribution in [3.05, 3.63) is 29.3 Å². The van der Waals surface area contributed by atoms with Gasteiger partial charge in [0.25, 0.3) is 0 Å².